The third-order valence-electron chi connectivity index (χ3n) is 4.04. The van der Waals surface area contributed by atoms with Gasteiger partial charge in [0, 0.05) is 18.8 Å². The Labute approximate surface area is 95.9 Å². The van der Waals surface area contributed by atoms with Crippen LogP contribution in [0.25, 0.3) is 0 Å². The third-order valence-corrected chi connectivity index (χ3v) is 4.04. The van der Waals surface area contributed by atoms with Crippen LogP contribution in [0.4, 0.5) is 0 Å². The van der Waals surface area contributed by atoms with Crippen LogP contribution in [0.3, 0.4) is 0 Å². The lowest BCUT2D eigenvalue weighted by molar-refractivity contribution is -0.148. The van der Waals surface area contributed by atoms with E-state index in [9.17, 15) is 9.59 Å². The number of rotatable bonds is 1. The Hall–Kier alpha value is -1.12. The van der Waals surface area contributed by atoms with E-state index in [0.29, 0.717) is 12.3 Å². The number of esters is 1. The molecule has 0 N–H and O–H groups in total. The van der Waals surface area contributed by atoms with Crippen molar-refractivity contribution in [1.82, 2.24) is 0 Å². The summed E-state index contributed by atoms with van der Waals surface area (Å²) < 4.78 is 5.20. The molecule has 0 unspecified atom stereocenters. The summed E-state index contributed by atoms with van der Waals surface area (Å²) in [4.78, 5) is 23.0. The van der Waals surface area contributed by atoms with Crippen LogP contribution in [0.15, 0.2) is 12.2 Å². The molecule has 88 valence electrons. The number of hydrogen-bond donors (Lipinski definition) is 0. The Kier molecular flexibility index (Phi) is 2.87. The van der Waals surface area contributed by atoms with Crippen LogP contribution in [0.5, 0.6) is 0 Å². The first-order valence-corrected chi connectivity index (χ1v) is 5.94. The predicted molar refractivity (Wildman–Crippen MR) is 59.8 cm³/mol. The minimum Gasteiger partial charge on any atom is -0.458 e. The molecule has 2 aliphatic carbocycles. The number of ether oxygens (including phenoxy) is 1. The van der Waals surface area contributed by atoms with Crippen LogP contribution in [0.1, 0.15) is 39.5 Å². The van der Waals surface area contributed by atoms with E-state index in [1.54, 1.807) is 12.2 Å². The van der Waals surface area contributed by atoms with Crippen LogP contribution < -0.4 is 0 Å². The molecule has 16 heavy (non-hydrogen) atoms. The fourth-order valence-corrected chi connectivity index (χ4v) is 3.10. The minimum absolute atomic E-state index is 0.212. The molecule has 0 aromatic rings. The molecule has 1 saturated carbocycles. The molecule has 0 bridgehead atoms. The number of hydrogen-bond acceptors (Lipinski definition) is 3. The summed E-state index contributed by atoms with van der Waals surface area (Å²) in [5, 5.41) is 0. The molecule has 0 aromatic heterocycles. The van der Waals surface area contributed by atoms with Gasteiger partial charge in [-0.1, -0.05) is 13.3 Å². The van der Waals surface area contributed by atoms with E-state index in [-0.39, 0.29) is 23.3 Å². The number of ketones is 1. The molecule has 2 aliphatic rings. The zero-order valence-corrected chi connectivity index (χ0v) is 9.86. The Balaban J connectivity index is 2.18. The molecule has 0 saturated heterocycles. The largest absolute Gasteiger partial charge is 0.458 e. The average Bonchev–Trinajstić information content (AvgIpc) is 2.55. The topological polar surface area (TPSA) is 43.4 Å². The SMILES string of the molecule is CC(=O)O[C@H]1C=CC(=O)[C@@]2(CCC[C@H]2C)C1. The smallest absolute Gasteiger partial charge is 0.303 e. The van der Waals surface area contributed by atoms with Gasteiger partial charge in [-0.25, -0.2) is 0 Å². The van der Waals surface area contributed by atoms with Gasteiger partial charge in [0.2, 0.25) is 0 Å². The molecule has 1 fully saturated rings. The second kappa shape index (κ2) is 4.04. The van der Waals surface area contributed by atoms with Gasteiger partial charge in [0.15, 0.2) is 5.78 Å². The average molecular weight is 222 g/mol. The van der Waals surface area contributed by atoms with Crippen molar-refractivity contribution in [2.75, 3.05) is 0 Å². The molecular formula is C13H18O3. The zero-order chi connectivity index (χ0) is 11.8. The van der Waals surface area contributed by atoms with Crippen LogP contribution in [-0.2, 0) is 14.3 Å². The number of carbonyl (C=O) groups is 2. The highest BCUT2D eigenvalue weighted by molar-refractivity contribution is 5.96. The second-order valence-electron chi connectivity index (χ2n) is 5.02. The van der Waals surface area contributed by atoms with Crippen molar-refractivity contribution in [2.24, 2.45) is 11.3 Å². The van der Waals surface area contributed by atoms with Crippen molar-refractivity contribution >= 4 is 11.8 Å². The van der Waals surface area contributed by atoms with E-state index >= 15 is 0 Å². The Bertz CT molecular complexity index is 345. The summed E-state index contributed by atoms with van der Waals surface area (Å²) in [5.41, 5.74) is -0.255. The molecule has 0 heterocycles. The molecule has 0 radical (unpaired) electrons. The Morgan fingerprint density at radius 3 is 2.88 bits per heavy atom. The monoisotopic (exact) mass is 222 g/mol. The quantitative estimate of drug-likeness (QED) is 0.639. The normalized spacial score (nSPS) is 38.0. The Morgan fingerprint density at radius 1 is 1.56 bits per heavy atom. The molecule has 0 aliphatic heterocycles. The van der Waals surface area contributed by atoms with E-state index < -0.39 is 0 Å². The first-order valence-electron chi connectivity index (χ1n) is 5.94. The van der Waals surface area contributed by atoms with Gasteiger partial charge in [-0.2, -0.15) is 0 Å². The van der Waals surface area contributed by atoms with Gasteiger partial charge >= 0.3 is 5.97 Å². The van der Waals surface area contributed by atoms with Gasteiger partial charge in [0.1, 0.15) is 6.10 Å². The zero-order valence-electron chi connectivity index (χ0n) is 9.86. The molecule has 0 amide bonds. The summed E-state index contributed by atoms with van der Waals surface area (Å²) in [5.74, 6) is 0.355. The van der Waals surface area contributed by atoms with Crippen LogP contribution in [-0.4, -0.2) is 17.9 Å². The van der Waals surface area contributed by atoms with Crippen LogP contribution in [0, 0.1) is 11.3 Å². The van der Waals surface area contributed by atoms with E-state index in [4.69, 9.17) is 4.74 Å². The molecule has 3 heteroatoms. The maximum Gasteiger partial charge on any atom is 0.303 e. The number of carbonyl (C=O) groups excluding carboxylic acids is 2. The van der Waals surface area contributed by atoms with Gasteiger partial charge in [0.05, 0.1) is 0 Å². The van der Waals surface area contributed by atoms with Crippen molar-refractivity contribution in [3.63, 3.8) is 0 Å². The van der Waals surface area contributed by atoms with Gasteiger partial charge in [0.25, 0.3) is 0 Å². The lowest BCUT2D eigenvalue weighted by Crippen LogP contribution is -2.39. The molecule has 3 nitrogen and oxygen atoms in total. The van der Waals surface area contributed by atoms with Crippen molar-refractivity contribution in [3.8, 4) is 0 Å². The summed E-state index contributed by atoms with van der Waals surface area (Å²) >= 11 is 0. The van der Waals surface area contributed by atoms with Crippen molar-refractivity contribution in [1.29, 1.82) is 0 Å². The van der Waals surface area contributed by atoms with E-state index in [0.717, 1.165) is 19.3 Å². The van der Waals surface area contributed by atoms with Gasteiger partial charge < -0.3 is 4.74 Å². The molecular weight excluding hydrogens is 204 g/mol. The second-order valence-corrected chi connectivity index (χ2v) is 5.02. The molecule has 3 atom stereocenters. The minimum atomic E-state index is -0.273. The molecule has 2 rings (SSSR count). The fraction of sp³-hybridized carbons (Fsp3) is 0.692. The predicted octanol–water partition coefficient (Wildman–Crippen LogP) is 2.25. The third kappa shape index (κ3) is 1.79. The first-order chi connectivity index (χ1) is 7.54. The molecule has 0 aromatic carbocycles. The highest BCUT2D eigenvalue weighted by Gasteiger charge is 2.48. The maximum atomic E-state index is 12.0. The van der Waals surface area contributed by atoms with Crippen molar-refractivity contribution in [2.45, 2.75) is 45.6 Å². The van der Waals surface area contributed by atoms with Crippen LogP contribution in [0.2, 0.25) is 0 Å². The summed E-state index contributed by atoms with van der Waals surface area (Å²) in [7, 11) is 0. The molecule has 1 spiro atoms. The maximum absolute atomic E-state index is 12.0. The lowest BCUT2D eigenvalue weighted by atomic mass is 9.68. The van der Waals surface area contributed by atoms with E-state index in [1.165, 1.54) is 6.92 Å². The van der Waals surface area contributed by atoms with Gasteiger partial charge in [-0.05, 0) is 30.9 Å². The Morgan fingerprint density at radius 2 is 2.31 bits per heavy atom. The fourth-order valence-electron chi connectivity index (χ4n) is 3.10. The standard InChI is InChI=1S/C13H18O3/c1-9-4-3-7-13(9)8-11(16-10(2)14)5-6-12(13)15/h5-6,9,11H,3-4,7-8H2,1-2H3/t9-,11+,13+/m1/s1. The van der Waals surface area contributed by atoms with Crippen molar-refractivity contribution < 1.29 is 14.3 Å². The van der Waals surface area contributed by atoms with Gasteiger partial charge in [-0.3, -0.25) is 9.59 Å². The first kappa shape index (κ1) is 11.4. The lowest BCUT2D eigenvalue weighted by Gasteiger charge is -2.36. The summed E-state index contributed by atoms with van der Waals surface area (Å²) in [6, 6.07) is 0. The highest BCUT2D eigenvalue weighted by atomic mass is 16.5. The van der Waals surface area contributed by atoms with E-state index in [2.05, 4.69) is 6.92 Å². The number of allylic oxidation sites excluding steroid dienone is 1. The highest BCUT2D eigenvalue weighted by Crippen LogP contribution is 2.49. The van der Waals surface area contributed by atoms with Crippen LogP contribution >= 0.6 is 0 Å². The summed E-state index contributed by atoms with van der Waals surface area (Å²) in [6.45, 7) is 3.55. The van der Waals surface area contributed by atoms with Gasteiger partial charge in [-0.15, -0.1) is 0 Å². The van der Waals surface area contributed by atoms with E-state index in [1.807, 2.05) is 0 Å². The summed E-state index contributed by atoms with van der Waals surface area (Å²) in [6.07, 6.45) is 6.94. The van der Waals surface area contributed by atoms with Crippen molar-refractivity contribution in [3.05, 3.63) is 12.2 Å².